The number of carbonyl (C=O) groups is 1. The standard InChI is InChI=1S/C19H23N3O2/c1-13(18-14(2)21-24-15(18)3)19(23)20-12-16-6-8-17(9-7-16)22-10-4-5-11-22/h4-9,13H,10-12H2,1-3H3,(H,20,23). The van der Waals surface area contributed by atoms with E-state index in [1.54, 1.807) is 0 Å². The van der Waals surface area contributed by atoms with E-state index in [9.17, 15) is 4.79 Å². The fourth-order valence-corrected chi connectivity index (χ4v) is 3.10. The van der Waals surface area contributed by atoms with Gasteiger partial charge in [-0.3, -0.25) is 4.79 Å². The largest absolute Gasteiger partial charge is 0.364 e. The number of anilines is 1. The van der Waals surface area contributed by atoms with Crippen molar-refractivity contribution in [2.24, 2.45) is 0 Å². The van der Waals surface area contributed by atoms with Gasteiger partial charge < -0.3 is 14.7 Å². The Balaban J connectivity index is 1.58. The van der Waals surface area contributed by atoms with Gasteiger partial charge in [0.25, 0.3) is 0 Å². The van der Waals surface area contributed by atoms with Crippen molar-refractivity contribution in [3.63, 3.8) is 0 Å². The quantitative estimate of drug-likeness (QED) is 0.858. The van der Waals surface area contributed by atoms with Crippen LogP contribution >= 0.6 is 0 Å². The summed E-state index contributed by atoms with van der Waals surface area (Å²) in [5.41, 5.74) is 3.95. The molecule has 2 heterocycles. The maximum Gasteiger partial charge on any atom is 0.227 e. The third-order valence-electron chi connectivity index (χ3n) is 4.50. The van der Waals surface area contributed by atoms with Crippen molar-refractivity contribution < 1.29 is 9.32 Å². The van der Waals surface area contributed by atoms with Gasteiger partial charge in [0, 0.05) is 30.9 Å². The highest BCUT2D eigenvalue weighted by Gasteiger charge is 2.22. The molecule has 0 aliphatic carbocycles. The maximum absolute atomic E-state index is 12.4. The molecule has 0 saturated heterocycles. The van der Waals surface area contributed by atoms with Crippen molar-refractivity contribution in [2.45, 2.75) is 33.2 Å². The molecule has 1 aliphatic rings. The van der Waals surface area contributed by atoms with Gasteiger partial charge in [-0.2, -0.15) is 0 Å². The van der Waals surface area contributed by atoms with Gasteiger partial charge in [0.15, 0.2) is 0 Å². The third kappa shape index (κ3) is 3.35. The van der Waals surface area contributed by atoms with Crippen LogP contribution in [0.1, 0.15) is 35.4 Å². The summed E-state index contributed by atoms with van der Waals surface area (Å²) in [6.07, 6.45) is 4.34. The van der Waals surface area contributed by atoms with E-state index in [0.29, 0.717) is 12.3 Å². The number of hydrogen-bond acceptors (Lipinski definition) is 4. The normalized spacial score (nSPS) is 14.9. The smallest absolute Gasteiger partial charge is 0.227 e. The Morgan fingerprint density at radius 1 is 1.25 bits per heavy atom. The Morgan fingerprint density at radius 2 is 1.92 bits per heavy atom. The number of rotatable bonds is 5. The number of aromatic nitrogens is 1. The summed E-state index contributed by atoms with van der Waals surface area (Å²) in [6, 6.07) is 8.33. The van der Waals surface area contributed by atoms with Gasteiger partial charge in [-0.15, -0.1) is 0 Å². The second kappa shape index (κ2) is 6.91. The molecule has 0 fully saturated rings. The Hall–Kier alpha value is -2.56. The number of nitrogens with zero attached hydrogens (tertiary/aromatic N) is 2. The molecule has 5 nitrogen and oxygen atoms in total. The summed E-state index contributed by atoms with van der Waals surface area (Å²) in [6.45, 7) is 8.03. The Morgan fingerprint density at radius 3 is 2.50 bits per heavy atom. The molecule has 5 heteroatoms. The van der Waals surface area contributed by atoms with E-state index in [1.165, 1.54) is 5.69 Å². The highest BCUT2D eigenvalue weighted by atomic mass is 16.5. The highest BCUT2D eigenvalue weighted by molar-refractivity contribution is 5.83. The van der Waals surface area contributed by atoms with E-state index in [2.05, 4.69) is 51.8 Å². The molecule has 1 unspecified atom stereocenters. The van der Waals surface area contributed by atoms with Gasteiger partial charge in [0.05, 0.1) is 11.6 Å². The maximum atomic E-state index is 12.4. The van der Waals surface area contributed by atoms with Crippen LogP contribution in [-0.4, -0.2) is 24.2 Å². The average Bonchev–Trinajstić information content (AvgIpc) is 3.23. The molecule has 1 N–H and O–H groups in total. The molecule has 0 bridgehead atoms. The predicted molar refractivity (Wildman–Crippen MR) is 94.0 cm³/mol. The monoisotopic (exact) mass is 325 g/mol. The first kappa shape index (κ1) is 16.3. The van der Waals surface area contributed by atoms with Crippen LogP contribution < -0.4 is 10.2 Å². The molecule has 3 rings (SSSR count). The Labute approximate surface area is 142 Å². The van der Waals surface area contributed by atoms with E-state index >= 15 is 0 Å². The van der Waals surface area contributed by atoms with Crippen LogP contribution in [0.5, 0.6) is 0 Å². The highest BCUT2D eigenvalue weighted by Crippen LogP contribution is 2.23. The summed E-state index contributed by atoms with van der Waals surface area (Å²) in [5, 5.41) is 6.92. The minimum atomic E-state index is -0.272. The van der Waals surface area contributed by atoms with E-state index in [4.69, 9.17) is 4.52 Å². The minimum absolute atomic E-state index is 0.0165. The number of amides is 1. The molecular weight excluding hydrogens is 302 g/mol. The van der Waals surface area contributed by atoms with Crippen molar-refractivity contribution in [1.29, 1.82) is 0 Å². The summed E-state index contributed by atoms with van der Waals surface area (Å²) in [4.78, 5) is 14.7. The van der Waals surface area contributed by atoms with Crippen LogP contribution in [0.4, 0.5) is 5.69 Å². The topological polar surface area (TPSA) is 58.4 Å². The Kier molecular flexibility index (Phi) is 4.69. The van der Waals surface area contributed by atoms with Crippen LogP contribution in [0.15, 0.2) is 40.9 Å². The zero-order valence-electron chi connectivity index (χ0n) is 14.4. The summed E-state index contributed by atoms with van der Waals surface area (Å²) >= 11 is 0. The van der Waals surface area contributed by atoms with E-state index < -0.39 is 0 Å². The van der Waals surface area contributed by atoms with Crippen molar-refractivity contribution in [1.82, 2.24) is 10.5 Å². The second-order valence-corrected chi connectivity index (χ2v) is 6.22. The van der Waals surface area contributed by atoms with E-state index in [0.717, 1.165) is 29.9 Å². The third-order valence-corrected chi connectivity index (χ3v) is 4.50. The lowest BCUT2D eigenvalue weighted by Gasteiger charge is -2.18. The molecular formula is C19H23N3O2. The molecule has 126 valence electrons. The number of aryl methyl sites for hydroxylation is 2. The zero-order chi connectivity index (χ0) is 17.1. The lowest BCUT2D eigenvalue weighted by Crippen LogP contribution is -2.28. The minimum Gasteiger partial charge on any atom is -0.364 e. The molecule has 2 aromatic rings. The number of benzene rings is 1. The molecule has 0 radical (unpaired) electrons. The van der Waals surface area contributed by atoms with Crippen LogP contribution in [0.3, 0.4) is 0 Å². The van der Waals surface area contributed by atoms with Crippen LogP contribution in [-0.2, 0) is 11.3 Å². The summed E-state index contributed by atoms with van der Waals surface area (Å²) in [7, 11) is 0. The first-order valence-corrected chi connectivity index (χ1v) is 8.25. The lowest BCUT2D eigenvalue weighted by atomic mass is 9.98. The average molecular weight is 325 g/mol. The van der Waals surface area contributed by atoms with Gasteiger partial charge >= 0.3 is 0 Å². The van der Waals surface area contributed by atoms with Crippen LogP contribution in [0, 0.1) is 13.8 Å². The number of carbonyl (C=O) groups excluding carboxylic acids is 1. The van der Waals surface area contributed by atoms with Gasteiger partial charge in [-0.25, -0.2) is 0 Å². The molecule has 24 heavy (non-hydrogen) atoms. The van der Waals surface area contributed by atoms with Crippen molar-refractivity contribution in [2.75, 3.05) is 18.0 Å². The number of hydrogen-bond donors (Lipinski definition) is 1. The first-order chi connectivity index (χ1) is 11.6. The van der Waals surface area contributed by atoms with Gasteiger partial charge in [-0.1, -0.05) is 29.4 Å². The Bertz CT molecular complexity index is 719. The van der Waals surface area contributed by atoms with Gasteiger partial charge in [0.2, 0.25) is 5.91 Å². The SMILES string of the molecule is Cc1noc(C)c1C(C)C(=O)NCc1ccc(N2CC=CC2)cc1. The van der Waals surface area contributed by atoms with Crippen LogP contribution in [0.2, 0.25) is 0 Å². The summed E-state index contributed by atoms with van der Waals surface area (Å²) in [5.74, 6) is 0.419. The molecule has 1 aromatic carbocycles. The molecule has 1 aromatic heterocycles. The van der Waals surface area contributed by atoms with Crippen LogP contribution in [0.25, 0.3) is 0 Å². The lowest BCUT2D eigenvalue weighted by molar-refractivity contribution is -0.122. The molecule has 0 spiro atoms. The molecule has 0 saturated carbocycles. The van der Waals surface area contributed by atoms with Crippen molar-refractivity contribution in [3.05, 3.63) is 59.0 Å². The fraction of sp³-hybridized carbons (Fsp3) is 0.368. The van der Waals surface area contributed by atoms with Gasteiger partial charge in [-0.05, 0) is 38.5 Å². The molecule has 1 atom stereocenters. The zero-order valence-corrected chi connectivity index (χ0v) is 14.4. The number of nitrogens with one attached hydrogen (secondary N) is 1. The van der Waals surface area contributed by atoms with Gasteiger partial charge in [0.1, 0.15) is 5.76 Å². The summed E-state index contributed by atoms with van der Waals surface area (Å²) < 4.78 is 5.15. The van der Waals surface area contributed by atoms with E-state index in [-0.39, 0.29) is 11.8 Å². The first-order valence-electron chi connectivity index (χ1n) is 8.25. The predicted octanol–water partition coefficient (Wildman–Crippen LogP) is 3.09. The fourth-order valence-electron chi connectivity index (χ4n) is 3.10. The molecule has 1 amide bonds. The van der Waals surface area contributed by atoms with Crippen molar-refractivity contribution in [3.8, 4) is 0 Å². The van der Waals surface area contributed by atoms with E-state index in [1.807, 2.05) is 20.8 Å². The van der Waals surface area contributed by atoms with Crippen molar-refractivity contribution >= 4 is 11.6 Å². The second-order valence-electron chi connectivity index (χ2n) is 6.22. The molecule has 1 aliphatic heterocycles.